The minimum absolute atomic E-state index is 0.108. The molecule has 8 nitrogen and oxygen atoms in total. The predicted molar refractivity (Wildman–Crippen MR) is 146 cm³/mol. The van der Waals surface area contributed by atoms with E-state index in [-0.39, 0.29) is 24.7 Å². The molecule has 0 aliphatic carbocycles. The maximum absolute atomic E-state index is 13.6. The van der Waals surface area contributed by atoms with E-state index in [4.69, 9.17) is 14.9 Å². The van der Waals surface area contributed by atoms with Crippen molar-refractivity contribution in [1.29, 1.82) is 0 Å². The average molecular weight is 527 g/mol. The van der Waals surface area contributed by atoms with Crippen LogP contribution in [0.1, 0.15) is 83.8 Å². The summed E-state index contributed by atoms with van der Waals surface area (Å²) in [5.74, 6) is -1.30. The maximum atomic E-state index is 13.6. The number of hydrogen-bond acceptors (Lipinski definition) is 8. The number of allylic oxidation sites excluding steroid dienone is 2. The van der Waals surface area contributed by atoms with Gasteiger partial charge in [0.05, 0.1) is 30.6 Å². The van der Waals surface area contributed by atoms with E-state index in [1.807, 2.05) is 26.0 Å². The van der Waals surface area contributed by atoms with Crippen LogP contribution in [-0.2, 0) is 20.9 Å². The number of carbonyl (C=O) groups is 2. The van der Waals surface area contributed by atoms with E-state index in [2.05, 4.69) is 17.6 Å². The van der Waals surface area contributed by atoms with E-state index in [1.165, 1.54) is 0 Å². The lowest BCUT2D eigenvalue weighted by Gasteiger charge is -2.35. The Labute approximate surface area is 225 Å². The lowest BCUT2D eigenvalue weighted by Crippen LogP contribution is -2.46. The molecule has 0 fully saturated rings. The molecule has 5 unspecified atom stereocenters. The van der Waals surface area contributed by atoms with Gasteiger partial charge >= 0.3 is 5.97 Å². The van der Waals surface area contributed by atoms with Crippen molar-refractivity contribution < 1.29 is 29.0 Å². The second-order valence-electron chi connectivity index (χ2n) is 11.1. The van der Waals surface area contributed by atoms with Crippen molar-refractivity contribution >= 4 is 22.9 Å². The molecule has 38 heavy (non-hydrogen) atoms. The molecule has 1 aliphatic heterocycles. The van der Waals surface area contributed by atoms with Crippen LogP contribution >= 0.6 is 0 Å². The molecular formula is C30H42N2O6. The summed E-state index contributed by atoms with van der Waals surface area (Å²) in [5, 5.41) is 22.1. The Kier molecular flexibility index (Phi) is 10.0. The summed E-state index contributed by atoms with van der Waals surface area (Å²) in [4.78, 5) is 31.0. The SMILES string of the molecule is C=CCC1C(=O)C(C)(C)C(O)CC(=O)OC(c2ccc3oc(CN)nc3c2)C/C=C(\C)CCCC(C)C1O. The zero-order valence-corrected chi connectivity index (χ0v) is 23.0. The highest BCUT2D eigenvalue weighted by atomic mass is 16.5. The Balaban J connectivity index is 1.93. The van der Waals surface area contributed by atoms with Crippen molar-refractivity contribution in [3.8, 4) is 0 Å². The number of oxazole rings is 1. The molecular weight excluding hydrogens is 484 g/mol. The number of Topliss-reactive ketones (excluding diaryl/α,β-unsaturated/α-hetero) is 1. The number of hydrogen-bond donors (Lipinski definition) is 3. The number of nitrogens with zero attached hydrogens (tertiary/aromatic N) is 1. The van der Waals surface area contributed by atoms with Gasteiger partial charge in [-0.05, 0) is 56.2 Å². The quantitative estimate of drug-likeness (QED) is 0.377. The molecule has 5 atom stereocenters. The molecule has 0 spiro atoms. The number of ether oxygens (including phenoxy) is 1. The number of aromatic nitrogens is 1. The zero-order valence-electron chi connectivity index (χ0n) is 23.0. The molecule has 0 radical (unpaired) electrons. The van der Waals surface area contributed by atoms with Gasteiger partial charge in [-0.1, -0.05) is 44.6 Å². The summed E-state index contributed by atoms with van der Waals surface area (Å²) in [6.45, 7) is 11.1. The molecule has 1 aromatic carbocycles. The summed E-state index contributed by atoms with van der Waals surface area (Å²) in [6, 6.07) is 5.44. The standard InChI is InChI=1S/C30H42N2O6/c1-6-8-21-28(35)19(3)10-7-9-18(2)11-13-23(38-27(34)16-25(33)30(4,5)29(21)36)20-12-14-24-22(15-20)32-26(17-31)37-24/h6,11-12,14-15,19,21,23,25,28,33,35H,1,7-10,13,16-17,31H2,2-5H3/b18-11+. The fourth-order valence-electron chi connectivity index (χ4n) is 5.06. The number of aliphatic hydroxyl groups excluding tert-OH is 2. The maximum Gasteiger partial charge on any atom is 0.309 e. The van der Waals surface area contributed by atoms with E-state index in [0.29, 0.717) is 29.8 Å². The van der Waals surface area contributed by atoms with Gasteiger partial charge in [-0.15, -0.1) is 6.58 Å². The lowest BCUT2D eigenvalue weighted by molar-refractivity contribution is -0.156. The van der Waals surface area contributed by atoms with Crippen molar-refractivity contribution in [2.75, 3.05) is 0 Å². The van der Waals surface area contributed by atoms with Crippen molar-refractivity contribution in [3.63, 3.8) is 0 Å². The Bertz CT molecular complexity index is 1170. The van der Waals surface area contributed by atoms with Gasteiger partial charge in [-0.25, -0.2) is 4.98 Å². The van der Waals surface area contributed by atoms with E-state index in [1.54, 1.807) is 26.0 Å². The number of carbonyl (C=O) groups excluding carboxylic acids is 2. The van der Waals surface area contributed by atoms with Crippen molar-refractivity contribution in [2.24, 2.45) is 23.0 Å². The summed E-state index contributed by atoms with van der Waals surface area (Å²) in [6.07, 6.45) is 3.73. The number of aliphatic hydroxyl groups is 2. The van der Waals surface area contributed by atoms with Gasteiger partial charge in [0.15, 0.2) is 5.58 Å². The third-order valence-corrected chi connectivity index (χ3v) is 7.77. The van der Waals surface area contributed by atoms with Gasteiger partial charge < -0.3 is 25.1 Å². The van der Waals surface area contributed by atoms with Crippen LogP contribution in [0.2, 0.25) is 0 Å². The van der Waals surface area contributed by atoms with Crippen molar-refractivity contribution in [3.05, 3.63) is 54.0 Å². The molecule has 1 aliphatic rings. The zero-order chi connectivity index (χ0) is 28.0. The van der Waals surface area contributed by atoms with E-state index in [9.17, 15) is 19.8 Å². The van der Waals surface area contributed by atoms with Gasteiger partial charge in [0.1, 0.15) is 17.4 Å². The highest BCUT2D eigenvalue weighted by molar-refractivity contribution is 5.88. The third-order valence-electron chi connectivity index (χ3n) is 7.77. The second kappa shape index (κ2) is 12.8. The van der Waals surface area contributed by atoms with Gasteiger partial charge in [0, 0.05) is 12.3 Å². The molecule has 208 valence electrons. The van der Waals surface area contributed by atoms with E-state index < -0.39 is 35.6 Å². The van der Waals surface area contributed by atoms with Gasteiger partial charge in [0.25, 0.3) is 0 Å². The molecule has 0 bridgehead atoms. The fraction of sp³-hybridized carbons (Fsp3) is 0.567. The number of ketones is 1. The summed E-state index contributed by atoms with van der Waals surface area (Å²) in [5.41, 5.74) is 7.51. The van der Waals surface area contributed by atoms with Crippen LogP contribution in [0.4, 0.5) is 0 Å². The third kappa shape index (κ3) is 6.98. The molecule has 0 amide bonds. The number of cyclic esters (lactones) is 1. The molecule has 1 aromatic heterocycles. The highest BCUT2D eigenvalue weighted by Crippen LogP contribution is 2.35. The first-order valence-corrected chi connectivity index (χ1v) is 13.4. The van der Waals surface area contributed by atoms with Gasteiger partial charge in [-0.2, -0.15) is 0 Å². The Morgan fingerprint density at radius 2 is 2.00 bits per heavy atom. The van der Waals surface area contributed by atoms with Crippen LogP contribution in [0, 0.1) is 17.3 Å². The van der Waals surface area contributed by atoms with E-state index >= 15 is 0 Å². The summed E-state index contributed by atoms with van der Waals surface area (Å²) >= 11 is 0. The topological polar surface area (TPSA) is 136 Å². The first-order chi connectivity index (χ1) is 18.0. The van der Waals surface area contributed by atoms with Crippen LogP contribution in [0.5, 0.6) is 0 Å². The number of fused-ring (bicyclic) bond motifs is 1. The van der Waals surface area contributed by atoms with Gasteiger partial charge in [-0.3, -0.25) is 9.59 Å². The minimum atomic E-state index is -1.28. The molecule has 3 rings (SSSR count). The van der Waals surface area contributed by atoms with Crippen molar-refractivity contribution in [1.82, 2.24) is 4.98 Å². The first kappa shape index (κ1) is 29.7. The number of rotatable bonds is 4. The molecule has 0 saturated carbocycles. The van der Waals surface area contributed by atoms with Crippen LogP contribution < -0.4 is 5.73 Å². The largest absolute Gasteiger partial charge is 0.457 e. The smallest absolute Gasteiger partial charge is 0.309 e. The monoisotopic (exact) mass is 526 g/mol. The molecule has 8 heteroatoms. The number of nitrogens with two attached hydrogens (primary N) is 1. The lowest BCUT2D eigenvalue weighted by atomic mass is 9.71. The first-order valence-electron chi connectivity index (χ1n) is 13.4. The fourth-order valence-corrected chi connectivity index (χ4v) is 5.06. The van der Waals surface area contributed by atoms with Crippen LogP contribution in [0.3, 0.4) is 0 Å². The molecule has 0 saturated heterocycles. The second-order valence-corrected chi connectivity index (χ2v) is 11.1. The van der Waals surface area contributed by atoms with Gasteiger partial charge in [0.2, 0.25) is 5.89 Å². The van der Waals surface area contributed by atoms with Crippen LogP contribution in [0.25, 0.3) is 11.1 Å². The Morgan fingerprint density at radius 3 is 2.68 bits per heavy atom. The highest BCUT2D eigenvalue weighted by Gasteiger charge is 2.43. The van der Waals surface area contributed by atoms with Crippen LogP contribution in [-0.4, -0.2) is 39.2 Å². The Morgan fingerprint density at radius 1 is 1.26 bits per heavy atom. The van der Waals surface area contributed by atoms with E-state index in [0.717, 1.165) is 30.4 Å². The average Bonchev–Trinajstić information content (AvgIpc) is 3.30. The minimum Gasteiger partial charge on any atom is -0.457 e. The molecule has 4 N–H and O–H groups in total. The normalized spacial score (nSPS) is 29.4. The number of benzene rings is 1. The molecule has 2 aromatic rings. The van der Waals surface area contributed by atoms with Crippen LogP contribution in [0.15, 0.2) is 46.9 Å². The molecule has 2 heterocycles. The number of esters is 1. The summed E-state index contributed by atoms with van der Waals surface area (Å²) < 4.78 is 11.5. The van der Waals surface area contributed by atoms with Crippen molar-refractivity contribution in [2.45, 2.75) is 91.1 Å². The summed E-state index contributed by atoms with van der Waals surface area (Å²) in [7, 11) is 0. The Hall–Kier alpha value is -2.81. The predicted octanol–water partition coefficient (Wildman–Crippen LogP) is 4.93.